The van der Waals surface area contributed by atoms with Crippen LogP contribution < -0.4 is 10.0 Å². The van der Waals surface area contributed by atoms with Gasteiger partial charge >= 0.3 is 0 Å². The molecule has 0 radical (unpaired) electrons. The highest BCUT2D eigenvalue weighted by molar-refractivity contribution is 7.90. The zero-order valence-corrected chi connectivity index (χ0v) is 16.0. The van der Waals surface area contributed by atoms with Crippen molar-refractivity contribution >= 4 is 48.5 Å². The summed E-state index contributed by atoms with van der Waals surface area (Å²) < 4.78 is 27.5. The van der Waals surface area contributed by atoms with E-state index in [2.05, 4.69) is 20.0 Å². The Morgan fingerprint density at radius 3 is 2.93 bits per heavy atom. The molecule has 0 saturated carbocycles. The van der Waals surface area contributed by atoms with Gasteiger partial charge in [0.2, 0.25) is 5.91 Å². The van der Waals surface area contributed by atoms with Crippen molar-refractivity contribution in [3.8, 4) is 0 Å². The van der Waals surface area contributed by atoms with Crippen molar-refractivity contribution < 1.29 is 13.2 Å². The summed E-state index contributed by atoms with van der Waals surface area (Å²) in [5.41, 5.74) is 2.51. The van der Waals surface area contributed by atoms with E-state index in [0.29, 0.717) is 10.7 Å². The number of amides is 1. The van der Waals surface area contributed by atoms with Gasteiger partial charge in [0.1, 0.15) is 5.84 Å². The molecule has 0 spiro atoms. The maximum absolute atomic E-state index is 12.2. The lowest BCUT2D eigenvalue weighted by molar-refractivity contribution is -0.116. The smallest absolute Gasteiger partial charge is 0.263 e. The molecule has 3 aromatic rings. The molecule has 7 nitrogen and oxygen atoms in total. The van der Waals surface area contributed by atoms with Crippen molar-refractivity contribution in [1.82, 2.24) is 9.71 Å². The van der Waals surface area contributed by atoms with Gasteiger partial charge in [0, 0.05) is 12.0 Å². The molecular formula is C18H16N4O3S2. The average Bonchev–Trinajstić information content (AvgIpc) is 3.13. The van der Waals surface area contributed by atoms with E-state index in [1.165, 1.54) is 17.4 Å². The minimum Gasteiger partial charge on any atom is -0.302 e. The number of hydrogen-bond acceptors (Lipinski definition) is 6. The molecule has 2 aromatic carbocycles. The molecule has 0 unspecified atom stereocenters. The monoisotopic (exact) mass is 400 g/mol. The first kappa shape index (κ1) is 17.6. The number of fused-ring (bicyclic) bond motifs is 2. The number of rotatable bonds is 4. The molecule has 0 saturated heterocycles. The van der Waals surface area contributed by atoms with Gasteiger partial charge in [0.25, 0.3) is 10.0 Å². The number of sulfonamides is 1. The van der Waals surface area contributed by atoms with E-state index in [0.717, 1.165) is 15.8 Å². The van der Waals surface area contributed by atoms with E-state index in [1.807, 2.05) is 25.1 Å². The summed E-state index contributed by atoms with van der Waals surface area (Å²) >= 11 is 1.42. The number of carbonyl (C=O) groups is 1. The second kappa shape index (κ2) is 6.75. The lowest BCUT2D eigenvalue weighted by atomic mass is 10.2. The summed E-state index contributed by atoms with van der Waals surface area (Å²) in [6.45, 7) is 2.17. The molecule has 2 heterocycles. The molecule has 27 heavy (non-hydrogen) atoms. The molecule has 0 atom stereocenters. The summed E-state index contributed by atoms with van der Waals surface area (Å²) in [5, 5.41) is 3.31. The van der Waals surface area contributed by atoms with E-state index in [-0.39, 0.29) is 29.6 Å². The number of carbonyl (C=O) groups excluding carboxylic acids is 1. The maximum atomic E-state index is 12.2. The molecule has 138 valence electrons. The molecule has 9 heteroatoms. The Labute approximate surface area is 160 Å². The van der Waals surface area contributed by atoms with Crippen LogP contribution in [0.15, 0.2) is 52.4 Å². The van der Waals surface area contributed by atoms with E-state index >= 15 is 0 Å². The Morgan fingerprint density at radius 1 is 1.26 bits per heavy atom. The predicted octanol–water partition coefficient (Wildman–Crippen LogP) is 2.67. The normalized spacial score (nSPS) is 16.3. The number of amidine groups is 1. The number of benzene rings is 2. The Hall–Kier alpha value is -2.78. The average molecular weight is 400 g/mol. The lowest BCUT2D eigenvalue weighted by Crippen LogP contribution is -2.23. The van der Waals surface area contributed by atoms with Crippen LogP contribution in [-0.2, 0) is 14.8 Å². The minimum atomic E-state index is -3.56. The van der Waals surface area contributed by atoms with Crippen molar-refractivity contribution in [2.24, 2.45) is 4.99 Å². The summed E-state index contributed by atoms with van der Waals surface area (Å²) in [4.78, 5) is 21.0. The number of aromatic nitrogens is 1. The molecule has 1 aliphatic heterocycles. The molecule has 0 aliphatic carbocycles. The number of anilines is 1. The fourth-order valence-electron chi connectivity index (χ4n) is 2.79. The van der Waals surface area contributed by atoms with Gasteiger partial charge in [-0.25, -0.2) is 13.4 Å². The Bertz CT molecular complexity index is 1180. The number of nitrogens with one attached hydrogen (secondary N) is 2. The lowest BCUT2D eigenvalue weighted by Gasteiger charge is -2.01. The van der Waals surface area contributed by atoms with Crippen LogP contribution in [0, 0.1) is 6.92 Å². The van der Waals surface area contributed by atoms with Gasteiger partial charge < -0.3 is 5.32 Å². The molecule has 1 amide bonds. The molecule has 1 aromatic heterocycles. The highest BCUT2D eigenvalue weighted by Gasteiger charge is 2.29. The SMILES string of the molecule is Cc1ccc2nc(NC(=O)CCN=C3NS(=O)(=O)c4ccccc43)sc2c1. The number of nitrogens with zero attached hydrogens (tertiary/aromatic N) is 2. The van der Waals surface area contributed by atoms with Crippen molar-refractivity contribution in [3.05, 3.63) is 53.6 Å². The summed E-state index contributed by atoms with van der Waals surface area (Å²) in [6.07, 6.45) is 0.127. The van der Waals surface area contributed by atoms with Crippen LogP contribution in [0.5, 0.6) is 0 Å². The Balaban J connectivity index is 1.42. The highest BCUT2D eigenvalue weighted by Crippen LogP contribution is 2.26. The number of aliphatic imine (C=N–C) groups is 1. The van der Waals surface area contributed by atoms with Gasteiger partial charge in [-0.15, -0.1) is 0 Å². The fourth-order valence-corrected chi connectivity index (χ4v) is 5.02. The Morgan fingerprint density at radius 2 is 2.07 bits per heavy atom. The highest BCUT2D eigenvalue weighted by atomic mass is 32.2. The van der Waals surface area contributed by atoms with E-state index in [9.17, 15) is 13.2 Å². The van der Waals surface area contributed by atoms with Gasteiger partial charge in [-0.05, 0) is 36.8 Å². The predicted molar refractivity (Wildman–Crippen MR) is 106 cm³/mol. The summed E-state index contributed by atoms with van der Waals surface area (Å²) in [5.74, 6) is 0.0538. The third-order valence-electron chi connectivity index (χ3n) is 4.06. The molecule has 0 fully saturated rings. The van der Waals surface area contributed by atoms with Gasteiger partial charge in [0.15, 0.2) is 5.13 Å². The van der Waals surface area contributed by atoms with Crippen LogP contribution in [0.25, 0.3) is 10.2 Å². The van der Waals surface area contributed by atoms with Crippen LogP contribution >= 0.6 is 11.3 Å². The fraction of sp³-hybridized carbons (Fsp3) is 0.167. The number of thiazole rings is 1. The topological polar surface area (TPSA) is 101 Å². The Kier molecular flexibility index (Phi) is 4.40. The molecule has 1 aliphatic rings. The minimum absolute atomic E-state index is 0.127. The van der Waals surface area contributed by atoms with Crippen LogP contribution in [0.1, 0.15) is 17.5 Å². The second-order valence-electron chi connectivity index (χ2n) is 6.12. The molecule has 2 N–H and O–H groups in total. The summed E-state index contributed by atoms with van der Waals surface area (Å²) in [6, 6.07) is 12.6. The van der Waals surface area contributed by atoms with E-state index in [1.54, 1.807) is 18.2 Å². The number of aryl methyl sites for hydroxylation is 1. The molecular weight excluding hydrogens is 384 g/mol. The first-order valence-electron chi connectivity index (χ1n) is 8.26. The van der Waals surface area contributed by atoms with Gasteiger partial charge in [-0.2, -0.15) is 0 Å². The van der Waals surface area contributed by atoms with Crippen LogP contribution in [0.4, 0.5) is 5.13 Å². The molecule has 4 rings (SSSR count). The standard InChI is InChI=1S/C18H16N4O3S2/c1-11-6-7-13-14(10-11)26-18(20-13)21-16(23)8-9-19-17-12-4-2-3-5-15(12)27(24,25)22-17/h2-7,10H,8-9H2,1H3,(H,19,22)(H,20,21,23). The summed E-state index contributed by atoms with van der Waals surface area (Å²) in [7, 11) is -3.56. The largest absolute Gasteiger partial charge is 0.302 e. The maximum Gasteiger partial charge on any atom is 0.263 e. The van der Waals surface area contributed by atoms with Crippen molar-refractivity contribution in [3.63, 3.8) is 0 Å². The van der Waals surface area contributed by atoms with Gasteiger partial charge in [0.05, 0.1) is 21.7 Å². The van der Waals surface area contributed by atoms with Crippen LogP contribution in [0.2, 0.25) is 0 Å². The van der Waals surface area contributed by atoms with Crippen molar-refractivity contribution in [2.75, 3.05) is 11.9 Å². The van der Waals surface area contributed by atoms with Crippen molar-refractivity contribution in [2.45, 2.75) is 18.2 Å². The van der Waals surface area contributed by atoms with Gasteiger partial charge in [-0.1, -0.05) is 29.5 Å². The molecule has 0 bridgehead atoms. The van der Waals surface area contributed by atoms with E-state index < -0.39 is 10.0 Å². The zero-order valence-electron chi connectivity index (χ0n) is 14.4. The zero-order chi connectivity index (χ0) is 19.0. The third-order valence-corrected chi connectivity index (χ3v) is 6.39. The third kappa shape index (κ3) is 3.56. The van der Waals surface area contributed by atoms with Crippen LogP contribution in [-0.4, -0.2) is 31.7 Å². The number of hydrogen-bond donors (Lipinski definition) is 2. The quantitative estimate of drug-likeness (QED) is 0.703. The van der Waals surface area contributed by atoms with Crippen molar-refractivity contribution in [1.29, 1.82) is 0 Å². The van der Waals surface area contributed by atoms with Crippen LogP contribution in [0.3, 0.4) is 0 Å². The van der Waals surface area contributed by atoms with Gasteiger partial charge in [-0.3, -0.25) is 14.5 Å². The first-order valence-corrected chi connectivity index (χ1v) is 10.6. The van der Waals surface area contributed by atoms with E-state index in [4.69, 9.17) is 0 Å². The first-order chi connectivity index (χ1) is 12.9. The second-order valence-corrected chi connectivity index (χ2v) is 8.80.